The van der Waals surface area contributed by atoms with Crippen LogP contribution in [0.4, 0.5) is 0 Å². The third kappa shape index (κ3) is 2.07. The number of aromatic nitrogens is 4. The molecule has 92 valence electrons. The molecule has 0 unspecified atom stereocenters. The van der Waals surface area contributed by atoms with Crippen LogP contribution < -0.4 is 0 Å². The molecular weight excluding hydrogens is 248 g/mol. The number of halogens is 1. The number of fused-ring (bicyclic) bond motifs is 1. The van der Waals surface area contributed by atoms with Crippen molar-refractivity contribution in [2.75, 3.05) is 0 Å². The predicted octanol–water partition coefficient (Wildman–Crippen LogP) is 2.76. The van der Waals surface area contributed by atoms with Crippen molar-refractivity contribution in [2.24, 2.45) is 7.05 Å². The fourth-order valence-electron chi connectivity index (χ4n) is 1.93. The first kappa shape index (κ1) is 12.5. The molecule has 3 aromatic heterocycles. The molecule has 0 N–H and O–H groups in total. The van der Waals surface area contributed by atoms with Crippen molar-refractivity contribution in [2.45, 2.75) is 6.92 Å². The second-order valence-corrected chi connectivity index (χ2v) is 4.10. The zero-order valence-corrected chi connectivity index (χ0v) is 11.0. The molecule has 0 spiro atoms. The standard InChI is InChI=1S/C13H12N4.ClH/c1-9-6-12(10-7-15-17(2)8-10)16-11-4-3-5-14-13(9)11;/h3-8H,1-2H3;1H. The van der Waals surface area contributed by atoms with Gasteiger partial charge in [-0.2, -0.15) is 5.10 Å². The normalized spacial score (nSPS) is 10.3. The Bertz CT molecular complexity index is 690. The van der Waals surface area contributed by atoms with Crippen LogP contribution in [0.25, 0.3) is 22.3 Å². The van der Waals surface area contributed by atoms with Crippen molar-refractivity contribution in [3.05, 3.63) is 42.4 Å². The maximum Gasteiger partial charge on any atom is 0.0916 e. The summed E-state index contributed by atoms with van der Waals surface area (Å²) in [5, 5.41) is 4.16. The quantitative estimate of drug-likeness (QED) is 0.676. The number of rotatable bonds is 1. The van der Waals surface area contributed by atoms with Crippen molar-refractivity contribution >= 4 is 23.4 Å². The minimum absolute atomic E-state index is 0. The van der Waals surface area contributed by atoms with Gasteiger partial charge in [0.2, 0.25) is 0 Å². The van der Waals surface area contributed by atoms with Gasteiger partial charge >= 0.3 is 0 Å². The van der Waals surface area contributed by atoms with Crippen LogP contribution in [0.3, 0.4) is 0 Å². The van der Waals surface area contributed by atoms with Crippen LogP contribution in [0.15, 0.2) is 36.8 Å². The monoisotopic (exact) mass is 260 g/mol. The van der Waals surface area contributed by atoms with Crippen LogP contribution >= 0.6 is 12.4 Å². The van der Waals surface area contributed by atoms with Crippen LogP contribution in [0.2, 0.25) is 0 Å². The third-order valence-corrected chi connectivity index (χ3v) is 2.75. The lowest BCUT2D eigenvalue weighted by atomic mass is 10.1. The van der Waals surface area contributed by atoms with Crippen molar-refractivity contribution in [1.82, 2.24) is 19.7 Å². The van der Waals surface area contributed by atoms with Crippen molar-refractivity contribution in [3.8, 4) is 11.3 Å². The van der Waals surface area contributed by atoms with Gasteiger partial charge in [-0.15, -0.1) is 12.4 Å². The average Bonchev–Trinajstić information content (AvgIpc) is 2.76. The number of hydrogen-bond donors (Lipinski definition) is 0. The predicted molar refractivity (Wildman–Crippen MR) is 73.7 cm³/mol. The van der Waals surface area contributed by atoms with Crippen LogP contribution in [-0.4, -0.2) is 19.7 Å². The van der Waals surface area contributed by atoms with E-state index in [-0.39, 0.29) is 12.4 Å². The summed E-state index contributed by atoms with van der Waals surface area (Å²) in [4.78, 5) is 8.94. The molecule has 0 radical (unpaired) electrons. The summed E-state index contributed by atoms with van der Waals surface area (Å²) in [5.41, 5.74) is 4.98. The highest BCUT2D eigenvalue weighted by atomic mass is 35.5. The summed E-state index contributed by atoms with van der Waals surface area (Å²) in [7, 11) is 1.90. The zero-order valence-electron chi connectivity index (χ0n) is 10.2. The van der Waals surface area contributed by atoms with E-state index in [9.17, 15) is 0 Å². The van der Waals surface area contributed by atoms with Crippen molar-refractivity contribution in [3.63, 3.8) is 0 Å². The molecule has 0 aliphatic heterocycles. The van der Waals surface area contributed by atoms with Crippen molar-refractivity contribution < 1.29 is 0 Å². The highest BCUT2D eigenvalue weighted by Gasteiger charge is 2.06. The highest BCUT2D eigenvalue weighted by Crippen LogP contribution is 2.22. The van der Waals surface area contributed by atoms with Gasteiger partial charge in [-0.3, -0.25) is 9.67 Å². The molecule has 0 fully saturated rings. The lowest BCUT2D eigenvalue weighted by Crippen LogP contribution is -1.90. The van der Waals surface area contributed by atoms with E-state index in [1.807, 2.05) is 37.6 Å². The maximum atomic E-state index is 4.60. The molecule has 0 aliphatic carbocycles. The molecule has 0 aromatic carbocycles. The summed E-state index contributed by atoms with van der Waals surface area (Å²) in [6.45, 7) is 2.05. The average molecular weight is 261 g/mol. The first-order valence-electron chi connectivity index (χ1n) is 5.45. The topological polar surface area (TPSA) is 43.6 Å². The molecule has 0 bridgehead atoms. The fourth-order valence-corrected chi connectivity index (χ4v) is 1.93. The molecule has 0 aliphatic rings. The Balaban J connectivity index is 0.00000120. The van der Waals surface area contributed by atoms with E-state index in [1.165, 1.54) is 0 Å². The Labute approximate surface area is 111 Å². The molecule has 3 aromatic rings. The van der Waals surface area contributed by atoms with Crippen molar-refractivity contribution in [1.29, 1.82) is 0 Å². The summed E-state index contributed by atoms with van der Waals surface area (Å²) in [6, 6.07) is 5.93. The molecule has 0 saturated heterocycles. The number of aryl methyl sites for hydroxylation is 2. The van der Waals surface area contributed by atoms with Crippen LogP contribution in [0.1, 0.15) is 5.56 Å². The Morgan fingerprint density at radius 2 is 2.11 bits per heavy atom. The van der Waals surface area contributed by atoms with Gasteiger partial charge in [-0.25, -0.2) is 4.98 Å². The Morgan fingerprint density at radius 1 is 1.28 bits per heavy atom. The van der Waals surface area contributed by atoms with Gasteiger partial charge in [0, 0.05) is 25.0 Å². The lowest BCUT2D eigenvalue weighted by molar-refractivity contribution is 0.768. The number of pyridine rings is 2. The van der Waals surface area contributed by atoms with E-state index >= 15 is 0 Å². The molecule has 18 heavy (non-hydrogen) atoms. The minimum Gasteiger partial charge on any atom is -0.275 e. The first-order chi connectivity index (χ1) is 8.24. The van der Waals surface area contributed by atoms with Gasteiger partial charge in [-0.1, -0.05) is 0 Å². The van der Waals surface area contributed by atoms with Gasteiger partial charge in [0.1, 0.15) is 0 Å². The minimum atomic E-state index is 0. The molecular formula is C13H13ClN4. The maximum absolute atomic E-state index is 4.60. The van der Waals surface area contributed by atoms with E-state index in [2.05, 4.69) is 22.0 Å². The lowest BCUT2D eigenvalue weighted by Gasteiger charge is -2.03. The molecule has 5 heteroatoms. The third-order valence-electron chi connectivity index (χ3n) is 2.75. The SMILES string of the molecule is Cc1cc(-c2cnn(C)c2)nc2cccnc12.Cl. The van der Waals surface area contributed by atoms with Gasteiger partial charge < -0.3 is 0 Å². The molecule has 0 amide bonds. The summed E-state index contributed by atoms with van der Waals surface area (Å²) >= 11 is 0. The molecule has 0 saturated carbocycles. The van der Waals surface area contributed by atoms with Crippen LogP contribution in [-0.2, 0) is 7.05 Å². The Hall–Kier alpha value is -1.94. The van der Waals surface area contributed by atoms with Gasteiger partial charge in [0.15, 0.2) is 0 Å². The highest BCUT2D eigenvalue weighted by molar-refractivity contribution is 5.85. The molecule has 4 nitrogen and oxygen atoms in total. The van der Waals surface area contributed by atoms with Gasteiger partial charge in [0.05, 0.1) is 22.9 Å². The zero-order chi connectivity index (χ0) is 11.8. The summed E-state index contributed by atoms with van der Waals surface area (Å²) in [6.07, 6.45) is 5.58. The summed E-state index contributed by atoms with van der Waals surface area (Å²) in [5.74, 6) is 0. The van der Waals surface area contributed by atoms with E-state index in [4.69, 9.17) is 0 Å². The van der Waals surface area contributed by atoms with Gasteiger partial charge in [0.25, 0.3) is 0 Å². The van der Waals surface area contributed by atoms with E-state index in [1.54, 1.807) is 10.9 Å². The van der Waals surface area contributed by atoms with E-state index < -0.39 is 0 Å². The number of nitrogens with zero attached hydrogens (tertiary/aromatic N) is 4. The first-order valence-corrected chi connectivity index (χ1v) is 5.45. The Morgan fingerprint density at radius 3 is 2.83 bits per heavy atom. The Kier molecular flexibility index (Phi) is 3.30. The summed E-state index contributed by atoms with van der Waals surface area (Å²) < 4.78 is 1.78. The van der Waals surface area contributed by atoms with Crippen LogP contribution in [0.5, 0.6) is 0 Å². The number of hydrogen-bond acceptors (Lipinski definition) is 3. The molecule has 0 atom stereocenters. The smallest absolute Gasteiger partial charge is 0.0916 e. The molecule has 3 rings (SSSR count). The van der Waals surface area contributed by atoms with E-state index in [0.29, 0.717) is 0 Å². The van der Waals surface area contributed by atoms with Crippen LogP contribution in [0, 0.1) is 6.92 Å². The van der Waals surface area contributed by atoms with E-state index in [0.717, 1.165) is 27.9 Å². The second-order valence-electron chi connectivity index (χ2n) is 4.10. The fraction of sp³-hybridized carbons (Fsp3) is 0.154. The van der Waals surface area contributed by atoms with Gasteiger partial charge in [-0.05, 0) is 30.7 Å². The second kappa shape index (κ2) is 4.74. The largest absolute Gasteiger partial charge is 0.275 e. The molecule has 3 heterocycles.